The quantitative estimate of drug-likeness (QED) is 0.321. The first-order chi connectivity index (χ1) is 18.0. The Kier molecular flexibility index (Phi) is 13.5. The number of rotatable bonds is 8. The number of hydrogen-bond donors (Lipinski definition) is 4. The Balaban J connectivity index is 0.000000380. The van der Waals surface area contributed by atoms with E-state index in [9.17, 15) is 19.8 Å². The number of carbonyl (C=O) groups is 2. The van der Waals surface area contributed by atoms with E-state index in [0.717, 1.165) is 11.1 Å². The maximum absolute atomic E-state index is 12.1. The summed E-state index contributed by atoms with van der Waals surface area (Å²) in [6.07, 6.45) is 0. The van der Waals surface area contributed by atoms with Crippen LogP contribution in [0.3, 0.4) is 0 Å². The molecule has 38 heavy (non-hydrogen) atoms. The van der Waals surface area contributed by atoms with Crippen LogP contribution in [-0.2, 0) is 0 Å². The summed E-state index contributed by atoms with van der Waals surface area (Å²) in [6, 6.07) is 13.7. The molecule has 0 aromatic heterocycles. The number of nitrogens with one attached hydrogen (secondary N) is 2. The first-order valence-electron chi connectivity index (χ1n) is 13.1. The molecule has 0 saturated heterocycles. The van der Waals surface area contributed by atoms with Gasteiger partial charge in [0.05, 0.1) is 11.4 Å². The van der Waals surface area contributed by atoms with Gasteiger partial charge >= 0.3 is 12.1 Å². The summed E-state index contributed by atoms with van der Waals surface area (Å²) in [5.74, 6) is 0.331. The second kappa shape index (κ2) is 16.0. The number of para-hydroxylation sites is 2. The van der Waals surface area contributed by atoms with Crippen molar-refractivity contribution in [3.8, 4) is 11.5 Å². The average Bonchev–Trinajstić information content (AvgIpc) is 2.88. The van der Waals surface area contributed by atoms with Gasteiger partial charge in [0.25, 0.3) is 0 Å². The van der Waals surface area contributed by atoms with Gasteiger partial charge in [0.15, 0.2) is 0 Å². The first-order valence-corrected chi connectivity index (χ1v) is 13.1. The van der Waals surface area contributed by atoms with Crippen LogP contribution in [-0.4, -0.2) is 58.3 Å². The topological polar surface area (TPSA) is 105 Å². The van der Waals surface area contributed by atoms with Gasteiger partial charge in [-0.05, 0) is 79.7 Å². The van der Waals surface area contributed by atoms with E-state index in [1.165, 1.54) is 0 Å². The summed E-state index contributed by atoms with van der Waals surface area (Å²) in [4.78, 5) is 27.6. The van der Waals surface area contributed by atoms with Gasteiger partial charge in [-0.1, -0.05) is 35.4 Å². The molecule has 0 heterocycles. The number of urea groups is 2. The van der Waals surface area contributed by atoms with Crippen LogP contribution in [0.4, 0.5) is 9.59 Å². The molecule has 4 N–H and O–H groups in total. The Morgan fingerprint density at radius 2 is 0.895 bits per heavy atom. The van der Waals surface area contributed by atoms with Crippen molar-refractivity contribution in [3.63, 3.8) is 0 Å². The summed E-state index contributed by atoms with van der Waals surface area (Å²) in [6.45, 7) is 18.0. The molecule has 0 fully saturated rings. The zero-order chi connectivity index (χ0) is 28.8. The molecule has 0 aliphatic carbocycles. The minimum absolute atomic E-state index is 0.149. The van der Waals surface area contributed by atoms with Gasteiger partial charge in [-0.2, -0.15) is 0 Å². The lowest BCUT2D eigenvalue weighted by Crippen LogP contribution is -2.39. The van der Waals surface area contributed by atoms with Crippen LogP contribution in [0.25, 0.3) is 11.4 Å². The number of aromatic hydroxyl groups is 2. The first kappa shape index (κ1) is 32.1. The van der Waals surface area contributed by atoms with Gasteiger partial charge in [0.1, 0.15) is 11.5 Å². The fraction of sp³-hybridized carbons (Fsp3) is 0.400. The predicted octanol–water partition coefficient (Wildman–Crippen LogP) is 6.39. The largest absolute Gasteiger partial charge is 0.507 e. The van der Waals surface area contributed by atoms with Crippen LogP contribution in [0.5, 0.6) is 11.5 Å². The summed E-state index contributed by atoms with van der Waals surface area (Å²) >= 11 is 0. The third kappa shape index (κ3) is 9.18. The van der Waals surface area contributed by atoms with E-state index in [4.69, 9.17) is 0 Å². The van der Waals surface area contributed by atoms with Crippen LogP contribution in [0.1, 0.15) is 66.5 Å². The molecule has 8 heteroatoms. The Bertz CT molecular complexity index is 1040. The molecule has 0 aliphatic heterocycles. The summed E-state index contributed by atoms with van der Waals surface area (Å²) in [7, 11) is 0. The van der Waals surface area contributed by atoms with E-state index in [1.54, 1.807) is 46.2 Å². The molecule has 208 valence electrons. The van der Waals surface area contributed by atoms with Gasteiger partial charge in [-0.15, -0.1) is 0 Å². The van der Waals surface area contributed by atoms with Crippen molar-refractivity contribution in [3.05, 3.63) is 70.8 Å². The van der Waals surface area contributed by atoms with Crippen molar-refractivity contribution in [1.29, 1.82) is 0 Å². The van der Waals surface area contributed by atoms with Gasteiger partial charge in [0, 0.05) is 37.3 Å². The Labute approximate surface area is 227 Å². The normalized spacial score (nSPS) is 9.89. The number of amides is 4. The molecule has 0 bridgehead atoms. The van der Waals surface area contributed by atoms with Crippen LogP contribution < -0.4 is 10.6 Å². The lowest BCUT2D eigenvalue weighted by molar-refractivity contribution is 0.207. The molecule has 2 aromatic rings. The molecule has 0 spiro atoms. The number of phenols is 2. The van der Waals surface area contributed by atoms with Crippen LogP contribution >= 0.6 is 0 Å². The number of hydrogen-bond acceptors (Lipinski definition) is 4. The fourth-order valence-electron chi connectivity index (χ4n) is 3.69. The van der Waals surface area contributed by atoms with E-state index in [0.29, 0.717) is 48.7 Å². The summed E-state index contributed by atoms with van der Waals surface area (Å²) < 4.78 is 0. The van der Waals surface area contributed by atoms with E-state index >= 15 is 0 Å². The number of allylic oxidation sites excluding steroid dienone is 2. The van der Waals surface area contributed by atoms with Crippen molar-refractivity contribution in [2.75, 3.05) is 26.2 Å². The number of carbonyl (C=O) groups excluding carboxylic acids is 2. The van der Waals surface area contributed by atoms with Gasteiger partial charge in [0.2, 0.25) is 0 Å². The molecule has 0 aliphatic rings. The molecule has 0 atom stereocenters. The Morgan fingerprint density at radius 3 is 1.13 bits per heavy atom. The van der Waals surface area contributed by atoms with Crippen molar-refractivity contribution < 1.29 is 19.8 Å². The highest BCUT2D eigenvalue weighted by Crippen LogP contribution is 2.26. The van der Waals surface area contributed by atoms with Crippen LogP contribution in [0.2, 0.25) is 0 Å². The molecule has 2 rings (SSSR count). The number of nitrogens with zero attached hydrogens (tertiary/aromatic N) is 2. The Hall–Kier alpha value is -3.94. The minimum Gasteiger partial charge on any atom is -0.507 e. The molecule has 4 amide bonds. The SMILES string of the molecule is CCN(CC)C(=O)NC(=C(C)C)c1ccccc1O.CCN(CC)C(=O)NC(=C(C)C)c1ccccc1O. The van der Waals surface area contributed by atoms with E-state index in [-0.39, 0.29) is 23.6 Å². The molecule has 8 nitrogen and oxygen atoms in total. The molecular formula is C30H44N4O4. The molecular weight excluding hydrogens is 480 g/mol. The highest BCUT2D eigenvalue weighted by atomic mass is 16.3. The van der Waals surface area contributed by atoms with Crippen molar-refractivity contribution in [2.24, 2.45) is 0 Å². The average molecular weight is 525 g/mol. The van der Waals surface area contributed by atoms with Gasteiger partial charge in [-0.3, -0.25) is 0 Å². The van der Waals surface area contributed by atoms with Gasteiger partial charge < -0.3 is 30.6 Å². The van der Waals surface area contributed by atoms with E-state index in [2.05, 4.69) is 10.6 Å². The second-order valence-corrected chi connectivity index (χ2v) is 8.99. The van der Waals surface area contributed by atoms with Crippen LogP contribution in [0.15, 0.2) is 59.7 Å². The zero-order valence-electron chi connectivity index (χ0n) is 24.1. The number of benzene rings is 2. The van der Waals surface area contributed by atoms with E-state index in [1.807, 2.05) is 67.5 Å². The fourth-order valence-corrected chi connectivity index (χ4v) is 3.69. The maximum atomic E-state index is 12.1. The third-order valence-electron chi connectivity index (χ3n) is 5.91. The lowest BCUT2D eigenvalue weighted by Gasteiger charge is -2.21. The highest BCUT2D eigenvalue weighted by molar-refractivity contribution is 5.88. The second-order valence-electron chi connectivity index (χ2n) is 8.99. The maximum Gasteiger partial charge on any atom is 0.321 e. The van der Waals surface area contributed by atoms with Crippen molar-refractivity contribution >= 4 is 23.5 Å². The highest BCUT2D eigenvalue weighted by Gasteiger charge is 2.16. The predicted molar refractivity (Wildman–Crippen MR) is 156 cm³/mol. The van der Waals surface area contributed by atoms with Crippen molar-refractivity contribution in [2.45, 2.75) is 55.4 Å². The molecule has 0 radical (unpaired) electrons. The molecule has 2 aromatic carbocycles. The zero-order valence-corrected chi connectivity index (χ0v) is 24.1. The van der Waals surface area contributed by atoms with Gasteiger partial charge in [-0.25, -0.2) is 9.59 Å². The molecule has 0 unspecified atom stereocenters. The smallest absolute Gasteiger partial charge is 0.321 e. The standard InChI is InChI=1S/2C15H22N2O2/c2*1-5-17(6-2)15(19)16-14(11(3)4)12-9-7-8-10-13(12)18/h2*7-10,18H,5-6H2,1-4H3,(H,16,19). The summed E-state index contributed by atoms with van der Waals surface area (Å²) in [5, 5.41) is 25.6. The van der Waals surface area contributed by atoms with E-state index < -0.39 is 0 Å². The lowest BCUT2D eigenvalue weighted by atomic mass is 10.1. The molecule has 0 saturated carbocycles. The van der Waals surface area contributed by atoms with Crippen LogP contribution in [0, 0.1) is 0 Å². The summed E-state index contributed by atoms with van der Waals surface area (Å²) in [5.41, 5.74) is 4.50. The minimum atomic E-state index is -0.149. The Morgan fingerprint density at radius 1 is 0.605 bits per heavy atom. The van der Waals surface area contributed by atoms with Crippen molar-refractivity contribution in [1.82, 2.24) is 20.4 Å². The third-order valence-corrected chi connectivity index (χ3v) is 5.91. The monoisotopic (exact) mass is 524 g/mol. The number of phenolic OH excluding ortho intramolecular Hbond substituents is 2.